The molecule has 0 atom stereocenters. The first-order valence-corrected chi connectivity index (χ1v) is 7.37. The van der Waals surface area contributed by atoms with Crippen molar-refractivity contribution in [3.05, 3.63) is 0 Å². The Morgan fingerprint density at radius 2 is 1.75 bits per heavy atom. The van der Waals surface area contributed by atoms with Crippen molar-refractivity contribution in [3.8, 4) is 0 Å². The van der Waals surface area contributed by atoms with E-state index in [0.29, 0.717) is 6.04 Å². The Morgan fingerprint density at radius 1 is 1.15 bits per heavy atom. The fourth-order valence-corrected chi connectivity index (χ4v) is 2.46. The van der Waals surface area contributed by atoms with Crippen LogP contribution >= 0.6 is 0 Å². The molecule has 0 aromatic heterocycles. The summed E-state index contributed by atoms with van der Waals surface area (Å²) in [6.07, 6.45) is 4.00. The van der Waals surface area contributed by atoms with Gasteiger partial charge in [0, 0.05) is 18.5 Å². The molecule has 1 aliphatic carbocycles. The van der Waals surface area contributed by atoms with E-state index in [9.17, 15) is 9.59 Å². The second kappa shape index (κ2) is 7.62. The average molecular weight is 285 g/mol. The lowest BCUT2D eigenvalue weighted by molar-refractivity contribution is -0.153. The Morgan fingerprint density at radius 3 is 2.25 bits per heavy atom. The van der Waals surface area contributed by atoms with E-state index in [-0.39, 0.29) is 36.6 Å². The molecule has 1 fully saturated rings. The summed E-state index contributed by atoms with van der Waals surface area (Å²) in [4.78, 5) is 22.2. The van der Waals surface area contributed by atoms with E-state index < -0.39 is 0 Å². The molecule has 20 heavy (non-hydrogen) atoms. The molecule has 116 valence electrons. The lowest BCUT2D eigenvalue weighted by atomic mass is 9.91. The van der Waals surface area contributed by atoms with E-state index in [1.165, 1.54) is 6.92 Å². The molecule has 0 heterocycles. The van der Waals surface area contributed by atoms with Crippen molar-refractivity contribution in [3.63, 3.8) is 0 Å². The van der Waals surface area contributed by atoms with E-state index in [1.807, 2.05) is 0 Å². The smallest absolute Gasteiger partial charge is 0.309 e. The molecule has 1 N–H and O–H groups in total. The molecule has 0 radical (unpaired) electrons. The maximum absolute atomic E-state index is 11.6. The highest BCUT2D eigenvalue weighted by Crippen LogP contribution is 2.23. The first kappa shape index (κ1) is 17.0. The Kier molecular flexibility index (Phi) is 6.46. The maximum atomic E-state index is 11.6. The number of rotatable bonds is 5. The Bertz CT molecular complexity index is 327. The van der Waals surface area contributed by atoms with Gasteiger partial charge in [-0.2, -0.15) is 0 Å². The molecular formula is C15H27NO4. The van der Waals surface area contributed by atoms with Crippen LogP contribution in [0.25, 0.3) is 0 Å². The van der Waals surface area contributed by atoms with E-state index in [4.69, 9.17) is 9.47 Å². The fraction of sp³-hybridized carbons (Fsp3) is 0.867. The van der Waals surface area contributed by atoms with Crippen LogP contribution in [-0.2, 0) is 19.1 Å². The van der Waals surface area contributed by atoms with Gasteiger partial charge in [0.05, 0.1) is 6.42 Å². The third kappa shape index (κ3) is 7.48. The summed E-state index contributed by atoms with van der Waals surface area (Å²) in [5.74, 6) is -0.648. The highest BCUT2D eigenvalue weighted by Gasteiger charge is 2.26. The molecule has 5 heteroatoms. The zero-order chi connectivity index (χ0) is 15.2. The zero-order valence-corrected chi connectivity index (χ0v) is 13.0. The zero-order valence-electron chi connectivity index (χ0n) is 13.0. The van der Waals surface area contributed by atoms with Crippen molar-refractivity contribution in [2.24, 2.45) is 0 Å². The van der Waals surface area contributed by atoms with Crippen molar-refractivity contribution in [2.45, 2.75) is 77.5 Å². The van der Waals surface area contributed by atoms with Crippen LogP contribution in [0.4, 0.5) is 0 Å². The van der Waals surface area contributed by atoms with Gasteiger partial charge in [-0.25, -0.2) is 0 Å². The number of nitrogens with one attached hydrogen (secondary N) is 1. The van der Waals surface area contributed by atoms with Crippen LogP contribution in [-0.4, -0.2) is 36.2 Å². The van der Waals surface area contributed by atoms with Crippen LogP contribution in [0.15, 0.2) is 0 Å². The maximum Gasteiger partial charge on any atom is 0.309 e. The minimum Gasteiger partial charge on any atom is -0.465 e. The molecule has 0 aromatic carbocycles. The van der Waals surface area contributed by atoms with Crippen LogP contribution in [0.5, 0.6) is 0 Å². The molecule has 0 unspecified atom stereocenters. The van der Waals surface area contributed by atoms with Crippen LogP contribution in [0.3, 0.4) is 0 Å². The van der Waals surface area contributed by atoms with Gasteiger partial charge in [-0.1, -0.05) is 0 Å². The van der Waals surface area contributed by atoms with E-state index >= 15 is 0 Å². The molecular weight excluding hydrogens is 258 g/mol. The van der Waals surface area contributed by atoms with Crippen LogP contribution in [0, 0.1) is 0 Å². The predicted octanol–water partition coefficient (Wildman–Crippen LogP) is 2.18. The number of carbonyl (C=O) groups excluding carboxylic acids is 2. The number of esters is 2. The largest absolute Gasteiger partial charge is 0.465 e. The number of carbonyl (C=O) groups is 2. The summed E-state index contributed by atoms with van der Waals surface area (Å²) in [6.45, 7) is 7.92. The van der Waals surface area contributed by atoms with Gasteiger partial charge in [-0.05, 0) is 46.5 Å². The van der Waals surface area contributed by atoms with Gasteiger partial charge in [0.25, 0.3) is 0 Å². The second-order valence-corrected chi connectivity index (χ2v) is 6.45. The first-order valence-electron chi connectivity index (χ1n) is 7.37. The third-order valence-electron chi connectivity index (χ3n) is 3.22. The summed E-state index contributed by atoms with van der Waals surface area (Å²) in [5, 5.41) is 3.58. The molecule has 1 saturated carbocycles. The number of hydrogen-bond acceptors (Lipinski definition) is 5. The minimum absolute atomic E-state index is 0.0119. The molecule has 0 amide bonds. The van der Waals surface area contributed by atoms with Gasteiger partial charge >= 0.3 is 11.9 Å². The predicted molar refractivity (Wildman–Crippen MR) is 76.3 cm³/mol. The molecule has 0 saturated heterocycles. The molecule has 5 nitrogen and oxygen atoms in total. The van der Waals surface area contributed by atoms with Gasteiger partial charge < -0.3 is 14.8 Å². The number of ether oxygens (including phenoxy) is 2. The van der Waals surface area contributed by atoms with Gasteiger partial charge in [0.15, 0.2) is 0 Å². The van der Waals surface area contributed by atoms with Crippen molar-refractivity contribution in [1.29, 1.82) is 0 Å². The molecule has 0 aromatic rings. The summed E-state index contributed by atoms with van der Waals surface area (Å²) in [5.41, 5.74) is 0.123. The lowest BCUT2D eigenvalue weighted by Gasteiger charge is -2.34. The molecule has 1 rings (SSSR count). The third-order valence-corrected chi connectivity index (χ3v) is 3.22. The monoisotopic (exact) mass is 285 g/mol. The molecule has 0 aliphatic heterocycles. The molecule has 0 spiro atoms. The Hall–Kier alpha value is -1.10. The lowest BCUT2D eigenvalue weighted by Crippen LogP contribution is -2.46. The highest BCUT2D eigenvalue weighted by molar-refractivity contribution is 5.70. The fourth-order valence-electron chi connectivity index (χ4n) is 2.46. The summed E-state index contributed by atoms with van der Waals surface area (Å²) >= 11 is 0. The normalized spacial score (nSPS) is 23.2. The van der Waals surface area contributed by atoms with Crippen molar-refractivity contribution in [1.82, 2.24) is 5.32 Å². The standard InChI is InChI=1S/C15H27NO4/c1-11(17)19-10-9-14(18)20-13-7-5-12(6-8-13)16-15(2,3)4/h12-13,16H,5-10H2,1-4H3/t12-,13-. The Labute approximate surface area is 121 Å². The van der Waals surface area contributed by atoms with Crippen molar-refractivity contribution in [2.75, 3.05) is 6.61 Å². The Balaban J connectivity index is 2.18. The topological polar surface area (TPSA) is 64.6 Å². The summed E-state index contributed by atoms with van der Waals surface area (Å²) in [7, 11) is 0. The van der Waals surface area contributed by atoms with Crippen molar-refractivity contribution < 1.29 is 19.1 Å². The minimum atomic E-state index is -0.369. The van der Waals surface area contributed by atoms with E-state index in [0.717, 1.165) is 25.7 Å². The quantitative estimate of drug-likeness (QED) is 0.784. The van der Waals surface area contributed by atoms with Gasteiger partial charge in [-0.3, -0.25) is 9.59 Å². The number of hydrogen-bond donors (Lipinski definition) is 1. The first-order chi connectivity index (χ1) is 9.26. The summed E-state index contributed by atoms with van der Waals surface area (Å²) in [6, 6.07) is 0.506. The van der Waals surface area contributed by atoms with Gasteiger partial charge in [0.2, 0.25) is 0 Å². The van der Waals surface area contributed by atoms with Gasteiger partial charge in [0.1, 0.15) is 12.7 Å². The SMILES string of the molecule is CC(=O)OCCC(=O)O[C@H]1CC[C@H](NC(C)(C)C)CC1. The van der Waals surface area contributed by atoms with Crippen LogP contribution in [0.1, 0.15) is 59.8 Å². The molecule has 1 aliphatic rings. The van der Waals surface area contributed by atoms with Crippen molar-refractivity contribution >= 4 is 11.9 Å². The van der Waals surface area contributed by atoms with Crippen LogP contribution in [0.2, 0.25) is 0 Å². The van der Waals surface area contributed by atoms with Gasteiger partial charge in [-0.15, -0.1) is 0 Å². The van der Waals surface area contributed by atoms with E-state index in [2.05, 4.69) is 26.1 Å². The highest BCUT2D eigenvalue weighted by atomic mass is 16.6. The molecule has 0 bridgehead atoms. The second-order valence-electron chi connectivity index (χ2n) is 6.45. The van der Waals surface area contributed by atoms with E-state index in [1.54, 1.807) is 0 Å². The average Bonchev–Trinajstić information content (AvgIpc) is 2.29. The summed E-state index contributed by atoms with van der Waals surface area (Å²) < 4.78 is 10.1. The van der Waals surface area contributed by atoms with Crippen LogP contribution < -0.4 is 5.32 Å².